The predicted molar refractivity (Wildman–Crippen MR) is 135 cm³/mol. The summed E-state index contributed by atoms with van der Waals surface area (Å²) in [4.78, 5) is 23.9. The molecule has 0 heterocycles. The highest BCUT2D eigenvalue weighted by atomic mass is 35.5. The maximum atomic E-state index is 12.0. The predicted octanol–water partition coefficient (Wildman–Crippen LogP) is 5.05. The van der Waals surface area contributed by atoms with Crippen LogP contribution in [0.5, 0.6) is 5.75 Å². The molecular formula is C25H24ClN3O3S. The zero-order valence-corrected chi connectivity index (χ0v) is 19.7. The molecule has 3 aromatic carbocycles. The van der Waals surface area contributed by atoms with Gasteiger partial charge in [-0.1, -0.05) is 41.9 Å². The molecule has 170 valence electrons. The zero-order chi connectivity index (χ0) is 23.5. The van der Waals surface area contributed by atoms with Gasteiger partial charge in [0.05, 0.1) is 12.0 Å². The molecular weight excluding hydrogens is 458 g/mol. The monoisotopic (exact) mass is 481 g/mol. The van der Waals surface area contributed by atoms with E-state index in [1.54, 1.807) is 66.5 Å². The van der Waals surface area contributed by atoms with E-state index in [4.69, 9.17) is 16.3 Å². The first-order valence-corrected chi connectivity index (χ1v) is 11.8. The minimum atomic E-state index is -0.286. The lowest BCUT2D eigenvalue weighted by Gasteiger charge is -2.08. The van der Waals surface area contributed by atoms with E-state index in [1.807, 2.05) is 12.1 Å². The molecule has 0 spiro atoms. The molecule has 2 amide bonds. The van der Waals surface area contributed by atoms with Crippen molar-refractivity contribution in [1.82, 2.24) is 5.43 Å². The zero-order valence-electron chi connectivity index (χ0n) is 18.1. The van der Waals surface area contributed by atoms with Crippen LogP contribution in [0.3, 0.4) is 0 Å². The molecule has 6 nitrogen and oxygen atoms in total. The van der Waals surface area contributed by atoms with Gasteiger partial charge in [-0.25, -0.2) is 5.43 Å². The summed E-state index contributed by atoms with van der Waals surface area (Å²) < 4.78 is 5.50. The number of nitrogens with one attached hydrogen (secondary N) is 2. The number of carbonyl (C=O) groups is 2. The number of halogens is 1. The van der Waals surface area contributed by atoms with Gasteiger partial charge in [-0.2, -0.15) is 5.10 Å². The molecule has 0 unspecified atom stereocenters. The highest BCUT2D eigenvalue weighted by Crippen LogP contribution is 2.16. The lowest BCUT2D eigenvalue weighted by molar-refractivity contribution is -0.119. The van der Waals surface area contributed by atoms with Crippen molar-refractivity contribution in [3.63, 3.8) is 0 Å². The highest BCUT2D eigenvalue weighted by molar-refractivity contribution is 7.99. The van der Waals surface area contributed by atoms with Gasteiger partial charge in [-0.05, 0) is 66.1 Å². The van der Waals surface area contributed by atoms with Gasteiger partial charge in [-0.15, -0.1) is 11.8 Å². The Labute approximate surface area is 202 Å². The van der Waals surface area contributed by atoms with Crippen LogP contribution >= 0.6 is 23.4 Å². The van der Waals surface area contributed by atoms with Gasteiger partial charge >= 0.3 is 0 Å². The molecule has 0 radical (unpaired) electrons. The number of ether oxygens (including phenoxy) is 1. The molecule has 0 aliphatic heterocycles. The van der Waals surface area contributed by atoms with Gasteiger partial charge in [0.1, 0.15) is 5.75 Å². The molecule has 8 heteroatoms. The fourth-order valence-corrected chi connectivity index (χ4v) is 3.89. The summed E-state index contributed by atoms with van der Waals surface area (Å²) >= 11 is 7.45. The molecule has 0 fully saturated rings. The number of anilines is 1. The van der Waals surface area contributed by atoms with E-state index < -0.39 is 0 Å². The number of benzene rings is 3. The van der Waals surface area contributed by atoms with Crippen LogP contribution in [-0.2, 0) is 15.3 Å². The molecule has 0 aromatic heterocycles. The van der Waals surface area contributed by atoms with E-state index in [0.29, 0.717) is 22.2 Å². The third-order valence-electron chi connectivity index (χ3n) is 4.51. The molecule has 0 atom stereocenters. The Bertz CT molecular complexity index is 1120. The van der Waals surface area contributed by atoms with Gasteiger partial charge in [-0.3, -0.25) is 9.59 Å². The summed E-state index contributed by atoms with van der Waals surface area (Å²) in [5, 5.41) is 7.25. The van der Waals surface area contributed by atoms with Gasteiger partial charge in [0.2, 0.25) is 5.91 Å². The molecule has 0 saturated heterocycles. The van der Waals surface area contributed by atoms with Crippen molar-refractivity contribution in [2.24, 2.45) is 5.10 Å². The largest absolute Gasteiger partial charge is 0.484 e. The second kappa shape index (κ2) is 12.7. The lowest BCUT2D eigenvalue weighted by atomic mass is 10.1. The Hall–Kier alpha value is -3.29. The van der Waals surface area contributed by atoms with Gasteiger partial charge in [0.25, 0.3) is 5.91 Å². The van der Waals surface area contributed by atoms with E-state index >= 15 is 0 Å². The van der Waals surface area contributed by atoms with Crippen LogP contribution in [0.2, 0.25) is 5.02 Å². The van der Waals surface area contributed by atoms with Crippen molar-refractivity contribution in [3.8, 4) is 5.75 Å². The van der Waals surface area contributed by atoms with Crippen molar-refractivity contribution in [2.75, 3.05) is 17.7 Å². The number of hydrogen-bond acceptors (Lipinski definition) is 5. The first-order valence-electron chi connectivity index (χ1n) is 10.2. The minimum Gasteiger partial charge on any atom is -0.484 e. The SMILES string of the molecule is Cc1ccccc1CSCC(=O)N/N=C\c1ccc(OCC(=O)Nc2cccc(Cl)c2)cc1. The van der Waals surface area contributed by atoms with Gasteiger partial charge in [0, 0.05) is 16.5 Å². The molecule has 33 heavy (non-hydrogen) atoms. The number of carbonyl (C=O) groups excluding carboxylic acids is 2. The smallest absolute Gasteiger partial charge is 0.262 e. The van der Waals surface area contributed by atoms with Crippen LogP contribution < -0.4 is 15.5 Å². The van der Waals surface area contributed by atoms with E-state index in [0.717, 1.165) is 11.3 Å². The maximum Gasteiger partial charge on any atom is 0.262 e. The number of hydrazone groups is 1. The van der Waals surface area contributed by atoms with E-state index in [2.05, 4.69) is 34.9 Å². The quantitative estimate of drug-likeness (QED) is 0.313. The van der Waals surface area contributed by atoms with Crippen LogP contribution in [0, 0.1) is 6.92 Å². The fourth-order valence-electron chi connectivity index (χ4n) is 2.80. The number of nitrogens with zero attached hydrogens (tertiary/aromatic N) is 1. The highest BCUT2D eigenvalue weighted by Gasteiger charge is 2.05. The van der Waals surface area contributed by atoms with E-state index in [1.165, 1.54) is 11.1 Å². The summed E-state index contributed by atoms with van der Waals surface area (Å²) in [5.74, 6) is 1.21. The summed E-state index contributed by atoms with van der Waals surface area (Å²) in [7, 11) is 0. The normalized spacial score (nSPS) is 10.7. The Balaban J connectivity index is 1.36. The fraction of sp³-hybridized carbons (Fsp3) is 0.160. The molecule has 0 bridgehead atoms. The number of hydrogen-bond donors (Lipinski definition) is 2. The molecule has 0 aliphatic carbocycles. The Morgan fingerprint density at radius 3 is 2.58 bits per heavy atom. The van der Waals surface area contributed by atoms with Crippen LogP contribution in [0.4, 0.5) is 5.69 Å². The van der Waals surface area contributed by atoms with Crippen LogP contribution in [-0.4, -0.2) is 30.4 Å². The third kappa shape index (κ3) is 8.63. The summed E-state index contributed by atoms with van der Waals surface area (Å²) in [5.41, 5.74) is 6.37. The first-order chi connectivity index (χ1) is 16.0. The van der Waals surface area contributed by atoms with Gasteiger partial charge in [0.15, 0.2) is 6.61 Å². The van der Waals surface area contributed by atoms with Crippen LogP contribution in [0.1, 0.15) is 16.7 Å². The number of rotatable bonds is 10. The minimum absolute atomic E-state index is 0.129. The topological polar surface area (TPSA) is 79.8 Å². The Morgan fingerprint density at radius 2 is 1.82 bits per heavy atom. The van der Waals surface area contributed by atoms with Crippen molar-refractivity contribution in [1.29, 1.82) is 0 Å². The number of thioether (sulfide) groups is 1. The summed E-state index contributed by atoms with van der Waals surface area (Å²) in [6.45, 7) is 1.93. The van der Waals surface area contributed by atoms with Gasteiger partial charge < -0.3 is 10.1 Å². The van der Waals surface area contributed by atoms with Crippen molar-refractivity contribution in [3.05, 3.63) is 94.5 Å². The van der Waals surface area contributed by atoms with Crippen molar-refractivity contribution < 1.29 is 14.3 Å². The van der Waals surface area contributed by atoms with E-state index in [9.17, 15) is 9.59 Å². The molecule has 3 rings (SSSR count). The first kappa shape index (κ1) is 24.4. The van der Waals surface area contributed by atoms with Crippen molar-refractivity contribution >= 4 is 47.1 Å². The molecule has 0 aliphatic rings. The lowest BCUT2D eigenvalue weighted by Crippen LogP contribution is -2.20. The third-order valence-corrected chi connectivity index (χ3v) is 5.73. The number of aryl methyl sites for hydroxylation is 1. The maximum absolute atomic E-state index is 12.0. The van der Waals surface area contributed by atoms with Crippen LogP contribution in [0.15, 0.2) is 77.9 Å². The Kier molecular flexibility index (Phi) is 9.35. The summed E-state index contributed by atoms with van der Waals surface area (Å²) in [6.07, 6.45) is 1.56. The van der Waals surface area contributed by atoms with Crippen molar-refractivity contribution in [2.45, 2.75) is 12.7 Å². The second-order valence-corrected chi connectivity index (χ2v) is 8.55. The molecule has 0 saturated carbocycles. The number of amides is 2. The second-order valence-electron chi connectivity index (χ2n) is 7.13. The Morgan fingerprint density at radius 1 is 1.03 bits per heavy atom. The standard InChI is InChI=1S/C25H24ClN3O3S/c1-18-5-2-3-6-20(18)16-33-17-25(31)29-27-14-19-9-11-23(12-10-19)32-15-24(30)28-22-8-4-7-21(26)13-22/h2-14H,15-17H2,1H3,(H,28,30)(H,29,31)/b27-14-. The summed E-state index contributed by atoms with van der Waals surface area (Å²) in [6, 6.07) is 22.1. The molecule has 3 aromatic rings. The molecule has 2 N–H and O–H groups in total. The van der Waals surface area contributed by atoms with Crippen LogP contribution in [0.25, 0.3) is 0 Å². The average Bonchev–Trinajstić information content (AvgIpc) is 2.80. The van der Waals surface area contributed by atoms with E-state index in [-0.39, 0.29) is 18.4 Å². The average molecular weight is 482 g/mol.